The van der Waals surface area contributed by atoms with Crippen molar-refractivity contribution in [3.63, 3.8) is 0 Å². The molecule has 0 saturated carbocycles. The molecular weight excluding hydrogens is 296 g/mol. The van der Waals surface area contributed by atoms with Crippen molar-refractivity contribution in [2.75, 3.05) is 37.8 Å². The van der Waals surface area contributed by atoms with E-state index < -0.39 is 17.7 Å². The van der Waals surface area contributed by atoms with Crippen LogP contribution in [0.4, 0.5) is 10.5 Å². The SMILES string of the molecule is CC(C)(C)OC(=O)N[C@@H](CO)c1cccc(N2CCOCC2)c1. The zero-order valence-corrected chi connectivity index (χ0v) is 14.0. The highest BCUT2D eigenvalue weighted by Gasteiger charge is 2.21. The number of morpholine rings is 1. The summed E-state index contributed by atoms with van der Waals surface area (Å²) in [7, 11) is 0. The maximum atomic E-state index is 11.9. The second-order valence-corrected chi connectivity index (χ2v) is 6.58. The molecule has 128 valence electrons. The molecule has 0 spiro atoms. The van der Waals surface area contributed by atoms with Crippen LogP contribution in [0.5, 0.6) is 0 Å². The number of alkyl carbamates (subject to hydrolysis) is 1. The van der Waals surface area contributed by atoms with E-state index in [1.807, 2.05) is 24.3 Å². The number of hydrogen-bond donors (Lipinski definition) is 2. The first kappa shape index (κ1) is 17.6. The molecule has 1 amide bonds. The highest BCUT2D eigenvalue weighted by atomic mass is 16.6. The highest BCUT2D eigenvalue weighted by molar-refractivity contribution is 5.68. The van der Waals surface area contributed by atoms with Crippen molar-refractivity contribution in [1.29, 1.82) is 0 Å². The monoisotopic (exact) mass is 322 g/mol. The molecule has 2 rings (SSSR count). The normalized spacial score (nSPS) is 16.8. The third-order valence-corrected chi connectivity index (χ3v) is 3.52. The van der Waals surface area contributed by atoms with E-state index in [1.54, 1.807) is 20.8 Å². The van der Waals surface area contributed by atoms with E-state index in [0.717, 1.165) is 24.3 Å². The minimum absolute atomic E-state index is 0.189. The Morgan fingerprint density at radius 2 is 2.09 bits per heavy atom. The Hall–Kier alpha value is -1.79. The number of hydrogen-bond acceptors (Lipinski definition) is 5. The number of rotatable bonds is 4. The number of carbonyl (C=O) groups is 1. The standard InChI is InChI=1S/C17H26N2O4/c1-17(2,3)23-16(21)18-15(12-20)13-5-4-6-14(11-13)19-7-9-22-10-8-19/h4-6,11,15,20H,7-10,12H2,1-3H3,(H,18,21)/t15-/m0/s1. The van der Waals surface area contributed by atoms with Gasteiger partial charge in [0.25, 0.3) is 0 Å². The number of ether oxygens (including phenoxy) is 2. The molecule has 1 atom stereocenters. The molecule has 1 aromatic carbocycles. The zero-order chi connectivity index (χ0) is 16.9. The van der Waals surface area contributed by atoms with Crippen LogP contribution in [-0.4, -0.2) is 49.7 Å². The number of benzene rings is 1. The summed E-state index contributed by atoms with van der Waals surface area (Å²) in [4.78, 5) is 14.1. The molecular formula is C17H26N2O4. The van der Waals surface area contributed by atoms with Crippen LogP contribution in [-0.2, 0) is 9.47 Å². The first-order valence-corrected chi connectivity index (χ1v) is 7.92. The summed E-state index contributed by atoms with van der Waals surface area (Å²) in [6.45, 7) is 8.33. The average Bonchev–Trinajstić information content (AvgIpc) is 2.52. The first-order chi connectivity index (χ1) is 10.9. The van der Waals surface area contributed by atoms with Gasteiger partial charge < -0.3 is 24.8 Å². The molecule has 1 heterocycles. The molecule has 2 N–H and O–H groups in total. The topological polar surface area (TPSA) is 71.0 Å². The lowest BCUT2D eigenvalue weighted by atomic mass is 10.1. The molecule has 1 aliphatic heterocycles. The van der Waals surface area contributed by atoms with Gasteiger partial charge in [-0.25, -0.2) is 4.79 Å². The van der Waals surface area contributed by atoms with Gasteiger partial charge in [0.1, 0.15) is 5.60 Å². The average molecular weight is 322 g/mol. The van der Waals surface area contributed by atoms with Crippen molar-refractivity contribution in [2.45, 2.75) is 32.4 Å². The Bertz CT molecular complexity index is 522. The van der Waals surface area contributed by atoms with E-state index in [-0.39, 0.29) is 6.61 Å². The fourth-order valence-corrected chi connectivity index (χ4v) is 2.44. The quantitative estimate of drug-likeness (QED) is 0.888. The van der Waals surface area contributed by atoms with Gasteiger partial charge in [0, 0.05) is 18.8 Å². The number of anilines is 1. The number of carbonyl (C=O) groups excluding carboxylic acids is 1. The molecule has 1 aromatic rings. The van der Waals surface area contributed by atoms with Gasteiger partial charge in [-0.3, -0.25) is 0 Å². The summed E-state index contributed by atoms with van der Waals surface area (Å²) in [5.74, 6) is 0. The van der Waals surface area contributed by atoms with Crippen LogP contribution in [0.3, 0.4) is 0 Å². The minimum atomic E-state index is -0.570. The van der Waals surface area contributed by atoms with Crippen LogP contribution >= 0.6 is 0 Å². The Kier molecular flexibility index (Phi) is 5.85. The van der Waals surface area contributed by atoms with Crippen LogP contribution in [0.15, 0.2) is 24.3 Å². The number of amides is 1. The summed E-state index contributed by atoms with van der Waals surface area (Å²) in [6.07, 6.45) is -0.534. The number of nitrogens with one attached hydrogen (secondary N) is 1. The summed E-state index contributed by atoms with van der Waals surface area (Å²) >= 11 is 0. The Labute approximate surface area is 137 Å². The van der Waals surface area contributed by atoms with Crippen molar-refractivity contribution in [1.82, 2.24) is 5.32 Å². The second kappa shape index (κ2) is 7.66. The van der Waals surface area contributed by atoms with Crippen molar-refractivity contribution in [2.24, 2.45) is 0 Å². The van der Waals surface area contributed by atoms with E-state index in [9.17, 15) is 9.90 Å². The predicted octanol–water partition coefficient (Wildman–Crippen LogP) is 2.08. The third kappa shape index (κ3) is 5.41. The lowest BCUT2D eigenvalue weighted by Gasteiger charge is -2.30. The maximum absolute atomic E-state index is 11.9. The number of aliphatic hydroxyl groups excluding tert-OH is 1. The van der Waals surface area contributed by atoms with Gasteiger partial charge in [-0.2, -0.15) is 0 Å². The second-order valence-electron chi connectivity index (χ2n) is 6.58. The molecule has 6 heteroatoms. The molecule has 0 bridgehead atoms. The van der Waals surface area contributed by atoms with Gasteiger partial charge >= 0.3 is 6.09 Å². The smallest absolute Gasteiger partial charge is 0.408 e. The Morgan fingerprint density at radius 3 is 2.70 bits per heavy atom. The van der Waals surface area contributed by atoms with Crippen LogP contribution in [0, 0.1) is 0 Å². The first-order valence-electron chi connectivity index (χ1n) is 7.92. The predicted molar refractivity (Wildman–Crippen MR) is 88.7 cm³/mol. The van der Waals surface area contributed by atoms with Gasteiger partial charge in [-0.1, -0.05) is 12.1 Å². The van der Waals surface area contributed by atoms with Gasteiger partial charge in [0.05, 0.1) is 25.9 Å². The molecule has 0 aliphatic carbocycles. The summed E-state index contributed by atoms with van der Waals surface area (Å²) in [5, 5.41) is 12.3. The summed E-state index contributed by atoms with van der Waals surface area (Å²) < 4.78 is 10.6. The molecule has 1 saturated heterocycles. The zero-order valence-electron chi connectivity index (χ0n) is 14.0. The van der Waals surface area contributed by atoms with Crippen LogP contribution < -0.4 is 10.2 Å². The van der Waals surface area contributed by atoms with Crippen molar-refractivity contribution < 1.29 is 19.4 Å². The largest absolute Gasteiger partial charge is 0.444 e. The lowest BCUT2D eigenvalue weighted by molar-refractivity contribution is 0.0482. The van der Waals surface area contributed by atoms with Crippen molar-refractivity contribution in [3.8, 4) is 0 Å². The fraction of sp³-hybridized carbons (Fsp3) is 0.588. The van der Waals surface area contributed by atoms with E-state index in [2.05, 4.69) is 10.2 Å². The van der Waals surface area contributed by atoms with Gasteiger partial charge in [0.2, 0.25) is 0 Å². The van der Waals surface area contributed by atoms with Gasteiger partial charge in [0.15, 0.2) is 0 Å². The lowest BCUT2D eigenvalue weighted by Crippen LogP contribution is -2.37. The summed E-state index contributed by atoms with van der Waals surface area (Å²) in [6, 6.07) is 7.34. The number of aliphatic hydroxyl groups is 1. The van der Waals surface area contributed by atoms with Gasteiger partial charge in [-0.15, -0.1) is 0 Å². The fourth-order valence-electron chi connectivity index (χ4n) is 2.44. The highest BCUT2D eigenvalue weighted by Crippen LogP contribution is 2.22. The van der Waals surface area contributed by atoms with E-state index >= 15 is 0 Å². The summed E-state index contributed by atoms with van der Waals surface area (Å²) in [5.41, 5.74) is 1.34. The van der Waals surface area contributed by atoms with E-state index in [0.29, 0.717) is 13.2 Å². The molecule has 0 radical (unpaired) electrons. The molecule has 6 nitrogen and oxygen atoms in total. The molecule has 1 fully saturated rings. The van der Waals surface area contributed by atoms with Crippen LogP contribution in [0.25, 0.3) is 0 Å². The van der Waals surface area contributed by atoms with Crippen LogP contribution in [0.1, 0.15) is 32.4 Å². The van der Waals surface area contributed by atoms with Crippen LogP contribution in [0.2, 0.25) is 0 Å². The molecule has 1 aliphatic rings. The number of nitrogens with zero attached hydrogens (tertiary/aromatic N) is 1. The Morgan fingerprint density at radius 1 is 1.39 bits per heavy atom. The van der Waals surface area contributed by atoms with Crippen molar-refractivity contribution in [3.05, 3.63) is 29.8 Å². The Balaban J connectivity index is 2.07. The molecule has 0 unspecified atom stereocenters. The minimum Gasteiger partial charge on any atom is -0.444 e. The van der Waals surface area contributed by atoms with E-state index in [4.69, 9.17) is 9.47 Å². The molecule has 0 aromatic heterocycles. The molecule has 23 heavy (non-hydrogen) atoms. The van der Waals surface area contributed by atoms with Crippen molar-refractivity contribution >= 4 is 11.8 Å². The maximum Gasteiger partial charge on any atom is 0.408 e. The third-order valence-electron chi connectivity index (χ3n) is 3.52. The van der Waals surface area contributed by atoms with E-state index in [1.165, 1.54) is 0 Å². The van der Waals surface area contributed by atoms with Gasteiger partial charge in [-0.05, 0) is 38.5 Å².